The lowest BCUT2D eigenvalue weighted by Crippen LogP contribution is -2.39. The predicted octanol–water partition coefficient (Wildman–Crippen LogP) is 2.19. The van der Waals surface area contributed by atoms with Crippen molar-refractivity contribution in [1.82, 2.24) is 9.80 Å². The minimum atomic E-state index is -0.553. The molecule has 1 amide bonds. The molecule has 0 radical (unpaired) electrons. The SMILES string of the molecule is CC(C)CN(CCN(C)C)C(=O)c1ccc(F)cc1O. The molecule has 0 aliphatic heterocycles. The van der Waals surface area contributed by atoms with Gasteiger partial charge in [-0.3, -0.25) is 4.79 Å². The molecule has 5 heteroatoms. The molecular formula is C15H23FN2O2. The first-order valence-electron chi connectivity index (χ1n) is 6.73. The van der Waals surface area contributed by atoms with Crippen molar-refractivity contribution in [2.24, 2.45) is 5.92 Å². The van der Waals surface area contributed by atoms with Gasteiger partial charge in [0, 0.05) is 25.7 Å². The second-order valence-electron chi connectivity index (χ2n) is 5.61. The highest BCUT2D eigenvalue weighted by Gasteiger charge is 2.20. The number of likely N-dealkylation sites (N-methyl/N-ethyl adjacent to an activating group) is 1. The molecule has 0 atom stereocenters. The van der Waals surface area contributed by atoms with E-state index in [4.69, 9.17) is 0 Å². The van der Waals surface area contributed by atoms with Crippen molar-refractivity contribution in [2.45, 2.75) is 13.8 Å². The second kappa shape index (κ2) is 7.24. The van der Waals surface area contributed by atoms with Crippen LogP contribution in [-0.4, -0.2) is 54.5 Å². The third-order valence-electron chi connectivity index (χ3n) is 2.88. The maximum Gasteiger partial charge on any atom is 0.257 e. The summed E-state index contributed by atoms with van der Waals surface area (Å²) in [4.78, 5) is 16.1. The number of nitrogens with zero attached hydrogens (tertiary/aromatic N) is 2. The lowest BCUT2D eigenvalue weighted by molar-refractivity contribution is 0.0721. The Bertz CT molecular complexity index is 461. The van der Waals surface area contributed by atoms with E-state index in [-0.39, 0.29) is 17.2 Å². The van der Waals surface area contributed by atoms with E-state index < -0.39 is 5.82 Å². The molecule has 0 aliphatic carbocycles. The van der Waals surface area contributed by atoms with Crippen LogP contribution in [0.5, 0.6) is 5.75 Å². The molecule has 112 valence electrons. The Balaban J connectivity index is 2.90. The largest absolute Gasteiger partial charge is 0.507 e. The van der Waals surface area contributed by atoms with E-state index in [1.54, 1.807) is 4.90 Å². The number of hydrogen-bond donors (Lipinski definition) is 1. The van der Waals surface area contributed by atoms with Gasteiger partial charge in [-0.1, -0.05) is 13.8 Å². The normalized spacial score (nSPS) is 11.2. The van der Waals surface area contributed by atoms with Crippen LogP contribution in [0, 0.1) is 11.7 Å². The van der Waals surface area contributed by atoms with Crippen LogP contribution in [0.15, 0.2) is 18.2 Å². The van der Waals surface area contributed by atoms with Gasteiger partial charge >= 0.3 is 0 Å². The maximum absolute atomic E-state index is 13.0. The molecule has 4 nitrogen and oxygen atoms in total. The predicted molar refractivity (Wildman–Crippen MR) is 77.4 cm³/mol. The van der Waals surface area contributed by atoms with Crippen LogP contribution in [0.3, 0.4) is 0 Å². The zero-order chi connectivity index (χ0) is 15.3. The summed E-state index contributed by atoms with van der Waals surface area (Å²) in [5, 5.41) is 9.72. The fraction of sp³-hybridized carbons (Fsp3) is 0.533. The summed E-state index contributed by atoms with van der Waals surface area (Å²) >= 11 is 0. The Morgan fingerprint density at radius 1 is 1.30 bits per heavy atom. The van der Waals surface area contributed by atoms with Crippen LogP contribution in [0.4, 0.5) is 4.39 Å². The lowest BCUT2D eigenvalue weighted by Gasteiger charge is -2.26. The van der Waals surface area contributed by atoms with Crippen molar-refractivity contribution in [2.75, 3.05) is 33.7 Å². The average molecular weight is 282 g/mol. The van der Waals surface area contributed by atoms with Crippen molar-refractivity contribution in [3.63, 3.8) is 0 Å². The first kappa shape index (κ1) is 16.4. The third-order valence-corrected chi connectivity index (χ3v) is 2.88. The smallest absolute Gasteiger partial charge is 0.257 e. The number of phenols is 1. The number of carbonyl (C=O) groups is 1. The van der Waals surface area contributed by atoms with Gasteiger partial charge in [0.1, 0.15) is 11.6 Å². The van der Waals surface area contributed by atoms with Crippen molar-refractivity contribution in [1.29, 1.82) is 0 Å². The fourth-order valence-corrected chi connectivity index (χ4v) is 1.89. The van der Waals surface area contributed by atoms with Crippen LogP contribution >= 0.6 is 0 Å². The first-order chi connectivity index (χ1) is 9.31. The van der Waals surface area contributed by atoms with Crippen LogP contribution in [0.25, 0.3) is 0 Å². The Hall–Kier alpha value is -1.62. The highest BCUT2D eigenvalue weighted by molar-refractivity contribution is 5.96. The Morgan fingerprint density at radius 3 is 2.45 bits per heavy atom. The number of hydrogen-bond acceptors (Lipinski definition) is 3. The van der Waals surface area contributed by atoms with Crippen LogP contribution in [0.2, 0.25) is 0 Å². The third kappa shape index (κ3) is 4.81. The number of rotatable bonds is 6. The van der Waals surface area contributed by atoms with Gasteiger partial charge in [0.2, 0.25) is 0 Å². The van der Waals surface area contributed by atoms with Crippen LogP contribution < -0.4 is 0 Å². The molecule has 0 saturated heterocycles. The monoisotopic (exact) mass is 282 g/mol. The molecule has 1 N–H and O–H groups in total. The van der Waals surface area contributed by atoms with E-state index in [1.165, 1.54) is 12.1 Å². The molecular weight excluding hydrogens is 259 g/mol. The molecule has 1 aromatic rings. The lowest BCUT2D eigenvalue weighted by atomic mass is 10.1. The molecule has 1 aromatic carbocycles. The number of carbonyl (C=O) groups excluding carboxylic acids is 1. The van der Waals surface area contributed by atoms with Gasteiger partial charge in [-0.05, 0) is 32.1 Å². The van der Waals surface area contributed by atoms with Gasteiger partial charge in [-0.2, -0.15) is 0 Å². The minimum Gasteiger partial charge on any atom is -0.507 e. The number of aromatic hydroxyl groups is 1. The molecule has 0 fully saturated rings. The summed E-state index contributed by atoms with van der Waals surface area (Å²) in [5.74, 6) is -0.807. The molecule has 0 heterocycles. The highest BCUT2D eigenvalue weighted by atomic mass is 19.1. The standard InChI is InChI=1S/C15H23FN2O2/c1-11(2)10-18(8-7-17(3)4)15(20)13-6-5-12(16)9-14(13)19/h5-6,9,11,19H,7-8,10H2,1-4H3. The van der Waals surface area contributed by atoms with Crippen LogP contribution in [-0.2, 0) is 0 Å². The summed E-state index contributed by atoms with van der Waals surface area (Å²) in [5.41, 5.74) is 0.144. The molecule has 0 unspecified atom stereocenters. The van der Waals surface area contributed by atoms with Crippen molar-refractivity contribution in [3.05, 3.63) is 29.6 Å². The fourth-order valence-electron chi connectivity index (χ4n) is 1.89. The molecule has 0 saturated carbocycles. The van der Waals surface area contributed by atoms with Crippen molar-refractivity contribution < 1.29 is 14.3 Å². The number of benzene rings is 1. The summed E-state index contributed by atoms with van der Waals surface area (Å²) in [6.45, 7) is 5.96. The van der Waals surface area contributed by atoms with E-state index >= 15 is 0 Å². The van der Waals surface area contributed by atoms with Crippen molar-refractivity contribution >= 4 is 5.91 Å². The molecule has 0 aliphatic rings. The molecule has 20 heavy (non-hydrogen) atoms. The van der Waals surface area contributed by atoms with E-state index in [2.05, 4.69) is 0 Å². The van der Waals surface area contributed by atoms with Gasteiger partial charge in [0.25, 0.3) is 5.91 Å². The van der Waals surface area contributed by atoms with E-state index in [1.807, 2.05) is 32.8 Å². The zero-order valence-corrected chi connectivity index (χ0v) is 12.6. The summed E-state index contributed by atoms with van der Waals surface area (Å²) in [6.07, 6.45) is 0. The van der Waals surface area contributed by atoms with E-state index in [0.717, 1.165) is 12.6 Å². The summed E-state index contributed by atoms with van der Waals surface area (Å²) < 4.78 is 13.0. The summed E-state index contributed by atoms with van der Waals surface area (Å²) in [7, 11) is 3.88. The molecule has 0 bridgehead atoms. The average Bonchev–Trinajstić information content (AvgIpc) is 2.33. The quantitative estimate of drug-likeness (QED) is 0.870. The van der Waals surface area contributed by atoms with Gasteiger partial charge in [-0.25, -0.2) is 4.39 Å². The summed E-state index contributed by atoms with van der Waals surface area (Å²) in [6, 6.07) is 3.48. The van der Waals surface area contributed by atoms with Gasteiger partial charge in [-0.15, -0.1) is 0 Å². The topological polar surface area (TPSA) is 43.8 Å². The van der Waals surface area contributed by atoms with Gasteiger partial charge in [0.05, 0.1) is 5.56 Å². The second-order valence-corrected chi connectivity index (χ2v) is 5.61. The minimum absolute atomic E-state index is 0.144. The Kier molecular flexibility index (Phi) is 5.95. The molecule has 1 rings (SSSR count). The van der Waals surface area contributed by atoms with E-state index in [0.29, 0.717) is 19.0 Å². The number of phenolic OH excluding ortho intramolecular Hbond substituents is 1. The first-order valence-corrected chi connectivity index (χ1v) is 6.73. The van der Waals surface area contributed by atoms with Gasteiger partial charge < -0.3 is 14.9 Å². The highest BCUT2D eigenvalue weighted by Crippen LogP contribution is 2.20. The Labute approximate surface area is 119 Å². The van der Waals surface area contributed by atoms with E-state index in [9.17, 15) is 14.3 Å². The maximum atomic E-state index is 13.0. The Morgan fingerprint density at radius 2 is 1.95 bits per heavy atom. The van der Waals surface area contributed by atoms with Gasteiger partial charge in [0.15, 0.2) is 0 Å². The molecule has 0 aromatic heterocycles. The zero-order valence-electron chi connectivity index (χ0n) is 12.6. The molecule has 0 spiro atoms. The van der Waals surface area contributed by atoms with Crippen LogP contribution in [0.1, 0.15) is 24.2 Å². The number of halogens is 1. The number of amides is 1. The van der Waals surface area contributed by atoms with Crippen molar-refractivity contribution in [3.8, 4) is 5.75 Å².